The Labute approximate surface area is 145 Å². The van der Waals surface area contributed by atoms with Gasteiger partial charge in [0.15, 0.2) is 5.78 Å². The summed E-state index contributed by atoms with van der Waals surface area (Å²) in [4.78, 5) is 12.8. The van der Waals surface area contributed by atoms with Crippen LogP contribution in [0.4, 0.5) is 4.39 Å². The molecule has 0 saturated heterocycles. The van der Waals surface area contributed by atoms with Gasteiger partial charge in [-0.2, -0.15) is 5.26 Å². The zero-order valence-corrected chi connectivity index (χ0v) is 14.6. The first kappa shape index (κ1) is 16.7. The molecule has 1 unspecified atom stereocenters. The fraction of sp³-hybridized carbons (Fsp3) is 0.368. The number of nitrogens with one attached hydrogen (secondary N) is 1. The Hall–Kier alpha value is -2.12. The van der Waals surface area contributed by atoms with Crippen LogP contribution in [-0.2, 0) is 4.79 Å². The molecule has 3 nitrogen and oxygen atoms in total. The van der Waals surface area contributed by atoms with E-state index in [1.165, 1.54) is 12.1 Å². The first-order chi connectivity index (χ1) is 11.2. The van der Waals surface area contributed by atoms with Crippen molar-refractivity contribution in [3.05, 3.63) is 57.1 Å². The van der Waals surface area contributed by atoms with E-state index in [1.54, 1.807) is 6.07 Å². The minimum absolute atomic E-state index is 0.0133. The summed E-state index contributed by atoms with van der Waals surface area (Å²) in [5.41, 5.74) is 3.06. The molecule has 1 N–H and O–H groups in total. The van der Waals surface area contributed by atoms with Gasteiger partial charge in [0.05, 0.1) is 17.6 Å². The van der Waals surface area contributed by atoms with Crippen molar-refractivity contribution >= 4 is 17.4 Å². The van der Waals surface area contributed by atoms with E-state index in [0.29, 0.717) is 28.8 Å². The molecule has 1 aromatic carbocycles. The van der Waals surface area contributed by atoms with Crippen LogP contribution < -0.4 is 5.32 Å². The van der Waals surface area contributed by atoms with Gasteiger partial charge in [0, 0.05) is 28.4 Å². The highest BCUT2D eigenvalue weighted by Gasteiger charge is 2.41. The number of nitriles is 1. The summed E-state index contributed by atoms with van der Waals surface area (Å²) in [5.74, 6) is -0.968. The number of hydrogen-bond acceptors (Lipinski definition) is 3. The lowest BCUT2D eigenvalue weighted by molar-refractivity contribution is -0.118. The zero-order valence-electron chi connectivity index (χ0n) is 13.8. The van der Waals surface area contributed by atoms with E-state index in [2.05, 4.69) is 25.2 Å². The molecule has 1 heterocycles. The third-order valence-electron chi connectivity index (χ3n) is 4.63. The summed E-state index contributed by atoms with van der Waals surface area (Å²) in [6.07, 6.45) is 1.14. The molecule has 0 amide bonds. The van der Waals surface area contributed by atoms with E-state index in [0.717, 1.165) is 12.1 Å². The first-order valence-electron chi connectivity index (χ1n) is 7.82. The third-order valence-corrected chi connectivity index (χ3v) is 4.96. The van der Waals surface area contributed by atoms with Crippen molar-refractivity contribution in [2.75, 3.05) is 0 Å². The van der Waals surface area contributed by atoms with Gasteiger partial charge in [-0.3, -0.25) is 4.79 Å². The number of rotatable bonds is 1. The molecule has 24 heavy (non-hydrogen) atoms. The van der Waals surface area contributed by atoms with Crippen molar-refractivity contribution in [1.29, 1.82) is 5.26 Å². The van der Waals surface area contributed by atoms with E-state index in [9.17, 15) is 14.4 Å². The lowest BCUT2D eigenvalue weighted by Gasteiger charge is -2.38. The Kier molecular flexibility index (Phi) is 4.01. The number of ketones is 1. The van der Waals surface area contributed by atoms with Crippen molar-refractivity contribution in [3.63, 3.8) is 0 Å². The molecular weight excluding hydrogens is 327 g/mol. The van der Waals surface area contributed by atoms with E-state index in [-0.39, 0.29) is 16.2 Å². The number of hydrogen-bond donors (Lipinski definition) is 1. The Morgan fingerprint density at radius 2 is 2.08 bits per heavy atom. The van der Waals surface area contributed by atoms with Crippen molar-refractivity contribution in [2.24, 2.45) is 5.41 Å². The second kappa shape index (κ2) is 5.75. The summed E-state index contributed by atoms with van der Waals surface area (Å²) < 4.78 is 13.4. The highest BCUT2D eigenvalue weighted by Crippen LogP contribution is 2.47. The van der Waals surface area contributed by atoms with Crippen LogP contribution in [0.5, 0.6) is 0 Å². The van der Waals surface area contributed by atoms with Crippen molar-refractivity contribution < 1.29 is 9.18 Å². The Morgan fingerprint density at radius 3 is 2.71 bits per heavy atom. The average molecular weight is 345 g/mol. The Balaban J connectivity index is 2.22. The van der Waals surface area contributed by atoms with Gasteiger partial charge in [-0.15, -0.1) is 0 Å². The van der Waals surface area contributed by atoms with Gasteiger partial charge in [0.1, 0.15) is 5.82 Å². The van der Waals surface area contributed by atoms with Crippen LogP contribution in [-0.4, -0.2) is 5.78 Å². The number of benzene rings is 1. The van der Waals surface area contributed by atoms with E-state index in [1.807, 2.05) is 6.92 Å². The number of dihydropyridines is 1. The highest BCUT2D eigenvalue weighted by molar-refractivity contribution is 6.31. The van der Waals surface area contributed by atoms with Crippen LogP contribution in [0.15, 0.2) is 40.7 Å². The molecule has 124 valence electrons. The minimum Gasteiger partial charge on any atom is -0.361 e. The Morgan fingerprint density at radius 1 is 1.38 bits per heavy atom. The molecule has 1 atom stereocenters. The monoisotopic (exact) mass is 344 g/mol. The fourth-order valence-corrected chi connectivity index (χ4v) is 3.91. The molecule has 0 fully saturated rings. The van der Waals surface area contributed by atoms with Gasteiger partial charge < -0.3 is 5.32 Å². The molecule has 1 aliphatic heterocycles. The summed E-state index contributed by atoms with van der Waals surface area (Å²) in [6, 6.07) is 6.30. The second-order valence-corrected chi connectivity index (χ2v) is 7.61. The van der Waals surface area contributed by atoms with Crippen molar-refractivity contribution in [2.45, 2.75) is 39.5 Å². The van der Waals surface area contributed by atoms with Gasteiger partial charge in [-0.1, -0.05) is 31.5 Å². The number of allylic oxidation sites excluding steroid dienone is 4. The van der Waals surface area contributed by atoms with Crippen LogP contribution in [0, 0.1) is 22.6 Å². The predicted molar refractivity (Wildman–Crippen MR) is 90.6 cm³/mol. The van der Waals surface area contributed by atoms with Gasteiger partial charge in [-0.05, 0) is 36.5 Å². The fourth-order valence-electron chi connectivity index (χ4n) is 3.63. The number of halogens is 2. The summed E-state index contributed by atoms with van der Waals surface area (Å²) in [5, 5.41) is 13.1. The number of Topliss-reactive ketones (excluding diaryl/α,β-unsaturated/α-hetero) is 1. The topological polar surface area (TPSA) is 52.9 Å². The SMILES string of the molecule is CC1=C(C#N)C(c2ccc(F)cc2Cl)C2=C(CC(C)(C)CC2=O)N1. The number of carbonyl (C=O) groups excluding carboxylic acids is 1. The largest absolute Gasteiger partial charge is 0.361 e. The third kappa shape index (κ3) is 2.74. The highest BCUT2D eigenvalue weighted by atomic mass is 35.5. The van der Waals surface area contributed by atoms with E-state index < -0.39 is 11.7 Å². The molecule has 0 radical (unpaired) electrons. The molecule has 0 saturated carbocycles. The normalized spacial score (nSPS) is 22.8. The molecule has 3 rings (SSSR count). The van der Waals surface area contributed by atoms with Crippen LogP contribution >= 0.6 is 11.6 Å². The molecule has 1 aromatic rings. The van der Waals surface area contributed by atoms with Crippen LogP contribution in [0.2, 0.25) is 5.02 Å². The average Bonchev–Trinajstić information content (AvgIpc) is 2.44. The van der Waals surface area contributed by atoms with E-state index in [4.69, 9.17) is 11.6 Å². The lowest BCUT2D eigenvalue weighted by atomic mass is 9.69. The van der Waals surface area contributed by atoms with Gasteiger partial charge >= 0.3 is 0 Å². The summed E-state index contributed by atoms with van der Waals surface area (Å²) >= 11 is 6.24. The molecule has 0 spiro atoms. The lowest BCUT2D eigenvalue weighted by Crippen LogP contribution is -2.36. The van der Waals surface area contributed by atoms with E-state index >= 15 is 0 Å². The number of nitrogens with zero attached hydrogens (tertiary/aromatic N) is 1. The number of carbonyl (C=O) groups is 1. The summed E-state index contributed by atoms with van der Waals surface area (Å²) in [7, 11) is 0. The standard InChI is InChI=1S/C19H18ClFN2O/c1-10-13(9-22)17(12-5-4-11(21)6-14(12)20)18-15(23-10)7-19(2,3)8-16(18)24/h4-6,17,23H,7-8H2,1-3H3. The van der Waals surface area contributed by atoms with Crippen molar-refractivity contribution in [1.82, 2.24) is 5.32 Å². The molecule has 1 aliphatic carbocycles. The van der Waals surface area contributed by atoms with Gasteiger partial charge in [0.25, 0.3) is 0 Å². The zero-order chi connectivity index (χ0) is 17.6. The van der Waals surface area contributed by atoms with Gasteiger partial charge in [-0.25, -0.2) is 4.39 Å². The molecule has 0 aromatic heterocycles. The maximum absolute atomic E-state index is 13.4. The van der Waals surface area contributed by atoms with Crippen LogP contribution in [0.1, 0.15) is 45.1 Å². The molecular formula is C19H18ClFN2O. The molecule has 5 heteroatoms. The quantitative estimate of drug-likeness (QED) is 0.809. The van der Waals surface area contributed by atoms with Crippen LogP contribution in [0.3, 0.4) is 0 Å². The molecule has 0 bridgehead atoms. The maximum atomic E-state index is 13.4. The molecule has 2 aliphatic rings. The van der Waals surface area contributed by atoms with Crippen LogP contribution in [0.25, 0.3) is 0 Å². The first-order valence-corrected chi connectivity index (χ1v) is 8.20. The van der Waals surface area contributed by atoms with Crippen molar-refractivity contribution in [3.8, 4) is 6.07 Å². The maximum Gasteiger partial charge on any atom is 0.162 e. The smallest absolute Gasteiger partial charge is 0.162 e. The minimum atomic E-state index is -0.539. The summed E-state index contributed by atoms with van der Waals surface area (Å²) in [6.45, 7) is 5.92. The van der Waals surface area contributed by atoms with Gasteiger partial charge in [0.2, 0.25) is 0 Å². The Bertz CT molecular complexity index is 845. The second-order valence-electron chi connectivity index (χ2n) is 7.21. The predicted octanol–water partition coefficient (Wildman–Crippen LogP) is 4.61.